The van der Waals surface area contributed by atoms with E-state index in [-0.39, 0.29) is 5.75 Å². The lowest BCUT2D eigenvalue weighted by molar-refractivity contribution is 0.441. The third kappa shape index (κ3) is 2.69. The maximum Gasteiger partial charge on any atom is 0.165 e. The van der Waals surface area contributed by atoms with Crippen LogP contribution in [-0.4, -0.2) is 0 Å². The van der Waals surface area contributed by atoms with E-state index in [0.717, 1.165) is 5.56 Å². The summed E-state index contributed by atoms with van der Waals surface area (Å²) in [6.45, 7) is 0. The number of rotatable bonds is 3. The monoisotopic (exact) mass is 305 g/mol. The van der Waals surface area contributed by atoms with Crippen LogP contribution >= 0.6 is 15.9 Å². The van der Waals surface area contributed by atoms with Crippen molar-refractivity contribution in [3.8, 4) is 17.6 Å². The van der Waals surface area contributed by atoms with E-state index in [1.807, 2.05) is 12.1 Å². The highest BCUT2D eigenvalue weighted by atomic mass is 79.9. The van der Waals surface area contributed by atoms with E-state index in [1.165, 1.54) is 12.1 Å². The molecule has 18 heavy (non-hydrogen) atoms. The second-order valence-corrected chi connectivity index (χ2v) is 4.17. The van der Waals surface area contributed by atoms with Crippen molar-refractivity contribution in [2.45, 2.75) is 5.33 Å². The Morgan fingerprint density at radius 1 is 1.17 bits per heavy atom. The SMILES string of the molecule is N#Cc1cc(CBr)ccc1Oc1ccccc1F. The summed E-state index contributed by atoms with van der Waals surface area (Å²) in [5.74, 6) is 0.0128. The molecular formula is C14H9BrFNO. The third-order valence-electron chi connectivity index (χ3n) is 2.38. The van der Waals surface area contributed by atoms with Crippen LogP contribution in [0.25, 0.3) is 0 Å². The average molecular weight is 306 g/mol. The Bertz CT molecular complexity index is 607. The maximum atomic E-state index is 13.4. The molecule has 2 aromatic carbocycles. The molecule has 0 atom stereocenters. The molecule has 2 aromatic rings. The number of halogens is 2. The Balaban J connectivity index is 2.35. The average Bonchev–Trinajstić information content (AvgIpc) is 2.41. The highest BCUT2D eigenvalue weighted by Crippen LogP contribution is 2.28. The molecule has 0 saturated heterocycles. The van der Waals surface area contributed by atoms with Crippen LogP contribution < -0.4 is 4.74 Å². The van der Waals surface area contributed by atoms with Crippen LogP contribution in [0.2, 0.25) is 0 Å². The molecule has 0 saturated carbocycles. The number of nitrogens with zero attached hydrogens (tertiary/aromatic N) is 1. The summed E-state index contributed by atoms with van der Waals surface area (Å²) in [4.78, 5) is 0. The summed E-state index contributed by atoms with van der Waals surface area (Å²) < 4.78 is 18.9. The molecule has 0 aliphatic heterocycles. The van der Waals surface area contributed by atoms with E-state index in [4.69, 9.17) is 10.00 Å². The molecule has 0 heterocycles. The third-order valence-corrected chi connectivity index (χ3v) is 3.02. The van der Waals surface area contributed by atoms with Gasteiger partial charge in [0.15, 0.2) is 11.6 Å². The van der Waals surface area contributed by atoms with Crippen LogP contribution in [0, 0.1) is 17.1 Å². The predicted octanol–water partition coefficient (Wildman–Crippen LogP) is 4.38. The second-order valence-electron chi connectivity index (χ2n) is 3.61. The van der Waals surface area contributed by atoms with Crippen molar-refractivity contribution in [2.75, 3.05) is 0 Å². The van der Waals surface area contributed by atoms with Gasteiger partial charge in [-0.25, -0.2) is 4.39 Å². The first kappa shape index (κ1) is 12.6. The first-order valence-corrected chi connectivity index (χ1v) is 6.38. The zero-order chi connectivity index (χ0) is 13.0. The van der Waals surface area contributed by atoms with Gasteiger partial charge in [0, 0.05) is 5.33 Å². The lowest BCUT2D eigenvalue weighted by Crippen LogP contribution is -1.92. The molecule has 0 aliphatic carbocycles. The normalized spacial score (nSPS) is 9.83. The molecule has 2 nitrogen and oxygen atoms in total. The number of nitriles is 1. The van der Waals surface area contributed by atoms with Gasteiger partial charge in [0.25, 0.3) is 0 Å². The summed E-state index contributed by atoms with van der Waals surface area (Å²) >= 11 is 3.31. The molecule has 2 rings (SSSR count). The molecule has 0 bridgehead atoms. The summed E-state index contributed by atoms with van der Waals surface area (Å²) in [5, 5.41) is 9.70. The minimum absolute atomic E-state index is 0.112. The minimum atomic E-state index is -0.453. The summed E-state index contributed by atoms with van der Waals surface area (Å²) in [6, 6.07) is 13.3. The van der Waals surface area contributed by atoms with Gasteiger partial charge in [-0.3, -0.25) is 0 Å². The van der Waals surface area contributed by atoms with Crippen LogP contribution in [0.3, 0.4) is 0 Å². The lowest BCUT2D eigenvalue weighted by atomic mass is 10.1. The van der Waals surface area contributed by atoms with Crippen molar-refractivity contribution in [1.29, 1.82) is 5.26 Å². The van der Waals surface area contributed by atoms with Crippen molar-refractivity contribution < 1.29 is 9.13 Å². The van der Waals surface area contributed by atoms with Gasteiger partial charge in [0.05, 0.1) is 5.56 Å². The van der Waals surface area contributed by atoms with Crippen LogP contribution in [0.4, 0.5) is 4.39 Å². The highest BCUT2D eigenvalue weighted by Gasteiger charge is 2.08. The molecular weight excluding hydrogens is 297 g/mol. The smallest absolute Gasteiger partial charge is 0.165 e. The lowest BCUT2D eigenvalue weighted by Gasteiger charge is -2.08. The van der Waals surface area contributed by atoms with Crippen LogP contribution in [0.1, 0.15) is 11.1 Å². The molecule has 0 fully saturated rings. The molecule has 0 amide bonds. The van der Waals surface area contributed by atoms with Gasteiger partial charge < -0.3 is 4.74 Å². The van der Waals surface area contributed by atoms with E-state index in [9.17, 15) is 4.39 Å². The molecule has 0 N–H and O–H groups in total. The van der Waals surface area contributed by atoms with Gasteiger partial charge in [-0.1, -0.05) is 34.1 Å². The van der Waals surface area contributed by atoms with E-state index in [2.05, 4.69) is 15.9 Å². The molecule has 0 unspecified atom stereocenters. The van der Waals surface area contributed by atoms with E-state index < -0.39 is 5.82 Å². The van der Waals surface area contributed by atoms with Gasteiger partial charge in [0.1, 0.15) is 11.8 Å². The fourth-order valence-electron chi connectivity index (χ4n) is 1.48. The first-order chi connectivity index (χ1) is 8.74. The van der Waals surface area contributed by atoms with Crippen molar-refractivity contribution in [1.82, 2.24) is 0 Å². The number of para-hydroxylation sites is 1. The largest absolute Gasteiger partial charge is 0.453 e. The predicted molar refractivity (Wildman–Crippen MR) is 70.3 cm³/mol. The summed E-state index contributed by atoms with van der Waals surface area (Å²) in [7, 11) is 0. The second kappa shape index (κ2) is 5.65. The van der Waals surface area contributed by atoms with Crippen LogP contribution in [0.5, 0.6) is 11.5 Å². The Morgan fingerprint density at radius 3 is 2.61 bits per heavy atom. The van der Waals surface area contributed by atoms with Gasteiger partial charge in [-0.15, -0.1) is 0 Å². The number of hydrogen-bond acceptors (Lipinski definition) is 2. The zero-order valence-corrected chi connectivity index (χ0v) is 10.9. The molecule has 0 spiro atoms. The Morgan fingerprint density at radius 2 is 1.94 bits per heavy atom. The molecule has 0 aromatic heterocycles. The minimum Gasteiger partial charge on any atom is -0.453 e. The van der Waals surface area contributed by atoms with Gasteiger partial charge in [0.2, 0.25) is 0 Å². The van der Waals surface area contributed by atoms with E-state index in [0.29, 0.717) is 16.6 Å². The first-order valence-electron chi connectivity index (χ1n) is 5.26. The number of hydrogen-bond donors (Lipinski definition) is 0. The van der Waals surface area contributed by atoms with Gasteiger partial charge >= 0.3 is 0 Å². The summed E-state index contributed by atoms with van der Waals surface area (Å²) in [6.07, 6.45) is 0. The van der Waals surface area contributed by atoms with Crippen molar-refractivity contribution in [2.24, 2.45) is 0 Å². The molecule has 0 aliphatic rings. The van der Waals surface area contributed by atoms with E-state index >= 15 is 0 Å². The standard InChI is InChI=1S/C14H9BrFNO/c15-8-10-5-6-13(11(7-10)9-17)18-14-4-2-1-3-12(14)16/h1-7H,8H2. The molecule has 4 heteroatoms. The Hall–Kier alpha value is -1.86. The zero-order valence-electron chi connectivity index (χ0n) is 9.36. The van der Waals surface area contributed by atoms with Crippen molar-refractivity contribution in [3.05, 3.63) is 59.4 Å². The number of ether oxygens (including phenoxy) is 1. The van der Waals surface area contributed by atoms with Crippen molar-refractivity contribution >= 4 is 15.9 Å². The fourth-order valence-corrected chi connectivity index (χ4v) is 1.83. The number of benzene rings is 2. The van der Waals surface area contributed by atoms with E-state index in [1.54, 1.807) is 24.3 Å². The van der Waals surface area contributed by atoms with Gasteiger partial charge in [-0.2, -0.15) is 5.26 Å². The number of alkyl halides is 1. The Kier molecular flexibility index (Phi) is 3.96. The van der Waals surface area contributed by atoms with Crippen LogP contribution in [0.15, 0.2) is 42.5 Å². The fraction of sp³-hybridized carbons (Fsp3) is 0.0714. The quantitative estimate of drug-likeness (QED) is 0.788. The molecule has 0 radical (unpaired) electrons. The Labute approximate surface area is 113 Å². The van der Waals surface area contributed by atoms with Crippen LogP contribution in [-0.2, 0) is 5.33 Å². The molecule has 90 valence electrons. The van der Waals surface area contributed by atoms with Crippen molar-refractivity contribution in [3.63, 3.8) is 0 Å². The maximum absolute atomic E-state index is 13.4. The van der Waals surface area contributed by atoms with Gasteiger partial charge in [-0.05, 0) is 29.8 Å². The highest BCUT2D eigenvalue weighted by molar-refractivity contribution is 9.08. The topological polar surface area (TPSA) is 33.0 Å². The summed E-state index contributed by atoms with van der Waals surface area (Å²) in [5.41, 5.74) is 1.35.